The van der Waals surface area contributed by atoms with Crippen molar-refractivity contribution in [2.45, 2.75) is 19.3 Å². The molecule has 0 bridgehead atoms. The van der Waals surface area contributed by atoms with Crippen molar-refractivity contribution in [1.29, 1.82) is 0 Å². The Balaban J connectivity index is 1.37. The van der Waals surface area contributed by atoms with Crippen LogP contribution in [0.2, 0.25) is 0 Å². The molecule has 0 radical (unpaired) electrons. The van der Waals surface area contributed by atoms with Crippen molar-refractivity contribution < 1.29 is 14.3 Å². The van der Waals surface area contributed by atoms with Gasteiger partial charge in [0, 0.05) is 35.4 Å². The van der Waals surface area contributed by atoms with E-state index in [1.165, 1.54) is 13.3 Å². The van der Waals surface area contributed by atoms with Crippen molar-refractivity contribution in [2.24, 2.45) is 0 Å². The molecule has 4 aromatic rings. The maximum Gasteiger partial charge on any atom is 0.276 e. The van der Waals surface area contributed by atoms with Crippen molar-refractivity contribution in [3.8, 4) is 11.4 Å². The minimum Gasteiger partial charge on any atom is -0.494 e. The maximum absolute atomic E-state index is 13.2. The molecule has 0 fully saturated rings. The van der Waals surface area contributed by atoms with Crippen LogP contribution in [0.25, 0.3) is 5.69 Å². The molecule has 5 rings (SSSR count). The first-order chi connectivity index (χ1) is 16.6. The largest absolute Gasteiger partial charge is 0.494 e. The van der Waals surface area contributed by atoms with Gasteiger partial charge < -0.3 is 15.4 Å². The minimum absolute atomic E-state index is 0.276. The van der Waals surface area contributed by atoms with Crippen LogP contribution in [0.3, 0.4) is 0 Å². The van der Waals surface area contributed by atoms with Crippen LogP contribution in [0.1, 0.15) is 38.5 Å². The summed E-state index contributed by atoms with van der Waals surface area (Å²) < 4.78 is 7.31. The summed E-state index contributed by atoms with van der Waals surface area (Å²) in [5, 5.41) is 10.4. The predicted molar refractivity (Wildman–Crippen MR) is 129 cm³/mol. The molecule has 0 unspecified atom stereocenters. The lowest BCUT2D eigenvalue weighted by atomic mass is 10.2. The molecule has 2 heterocycles. The molecule has 0 spiro atoms. The van der Waals surface area contributed by atoms with E-state index >= 15 is 0 Å². The van der Waals surface area contributed by atoms with Gasteiger partial charge in [0.2, 0.25) is 0 Å². The zero-order valence-electron chi connectivity index (χ0n) is 18.6. The van der Waals surface area contributed by atoms with Crippen LogP contribution >= 0.6 is 0 Å². The van der Waals surface area contributed by atoms with E-state index in [9.17, 15) is 9.59 Å². The summed E-state index contributed by atoms with van der Waals surface area (Å²) in [6, 6.07) is 18.3. The number of anilines is 2. The molecule has 0 saturated carbocycles. The monoisotopic (exact) mass is 453 g/mol. The molecule has 0 atom stereocenters. The van der Waals surface area contributed by atoms with E-state index in [1.807, 2.05) is 35.0 Å². The predicted octanol–water partition coefficient (Wildman–Crippen LogP) is 4.27. The van der Waals surface area contributed by atoms with Gasteiger partial charge in [0.05, 0.1) is 24.0 Å². The van der Waals surface area contributed by atoms with Gasteiger partial charge in [0.1, 0.15) is 5.75 Å². The molecule has 1 aliphatic carbocycles. The highest BCUT2D eigenvalue weighted by Gasteiger charge is 2.27. The number of fused-ring (bicyclic) bond motifs is 1. The van der Waals surface area contributed by atoms with Gasteiger partial charge in [0.25, 0.3) is 11.8 Å². The molecule has 8 heteroatoms. The zero-order chi connectivity index (χ0) is 23.5. The molecule has 2 aromatic carbocycles. The third-order valence-electron chi connectivity index (χ3n) is 5.78. The minimum atomic E-state index is -0.301. The Labute approximate surface area is 196 Å². The molecule has 2 amide bonds. The van der Waals surface area contributed by atoms with Gasteiger partial charge in [-0.05, 0) is 55.7 Å². The maximum atomic E-state index is 13.2. The summed E-state index contributed by atoms with van der Waals surface area (Å²) in [4.78, 5) is 29.6. The molecule has 0 aliphatic heterocycles. The summed E-state index contributed by atoms with van der Waals surface area (Å²) in [5.41, 5.74) is 4.92. The average molecular weight is 454 g/mol. The van der Waals surface area contributed by atoms with Crippen molar-refractivity contribution in [1.82, 2.24) is 14.8 Å². The third kappa shape index (κ3) is 4.13. The first-order valence-electron chi connectivity index (χ1n) is 11.0. The molecule has 0 saturated heterocycles. The first kappa shape index (κ1) is 21.4. The fourth-order valence-corrected chi connectivity index (χ4v) is 4.16. The third-order valence-corrected chi connectivity index (χ3v) is 5.78. The number of hydrogen-bond donors (Lipinski definition) is 2. The number of nitrogens with zero attached hydrogens (tertiary/aromatic N) is 3. The smallest absolute Gasteiger partial charge is 0.276 e. The van der Waals surface area contributed by atoms with Crippen LogP contribution in [0.4, 0.5) is 11.4 Å². The Morgan fingerprint density at radius 2 is 1.82 bits per heavy atom. The van der Waals surface area contributed by atoms with Gasteiger partial charge in [-0.2, -0.15) is 5.10 Å². The van der Waals surface area contributed by atoms with Crippen LogP contribution in [-0.4, -0.2) is 33.7 Å². The summed E-state index contributed by atoms with van der Waals surface area (Å²) in [6.07, 6.45) is 5.81. The summed E-state index contributed by atoms with van der Waals surface area (Å²) in [5.74, 6) is -0.151. The van der Waals surface area contributed by atoms with E-state index in [2.05, 4.69) is 20.7 Å². The van der Waals surface area contributed by atoms with Gasteiger partial charge >= 0.3 is 0 Å². The van der Waals surface area contributed by atoms with Crippen molar-refractivity contribution >= 4 is 23.2 Å². The number of ether oxygens (including phenoxy) is 1. The normalized spacial score (nSPS) is 12.1. The lowest BCUT2D eigenvalue weighted by molar-refractivity contribution is 0.101. The number of aromatic nitrogens is 3. The lowest BCUT2D eigenvalue weighted by Crippen LogP contribution is -2.16. The van der Waals surface area contributed by atoms with Crippen LogP contribution < -0.4 is 15.4 Å². The quantitative estimate of drug-likeness (QED) is 0.454. The highest BCUT2D eigenvalue weighted by Crippen LogP contribution is 2.31. The van der Waals surface area contributed by atoms with Gasteiger partial charge in [-0.25, -0.2) is 4.68 Å². The van der Waals surface area contributed by atoms with E-state index in [4.69, 9.17) is 4.74 Å². The molecule has 1 aliphatic rings. The molecule has 2 aromatic heterocycles. The van der Waals surface area contributed by atoms with Crippen molar-refractivity contribution in [3.63, 3.8) is 0 Å². The van der Waals surface area contributed by atoms with E-state index in [-0.39, 0.29) is 11.8 Å². The number of nitrogens with one attached hydrogen (secondary N) is 2. The zero-order valence-corrected chi connectivity index (χ0v) is 18.6. The van der Waals surface area contributed by atoms with E-state index in [1.54, 1.807) is 36.5 Å². The average Bonchev–Trinajstić information content (AvgIpc) is 3.49. The van der Waals surface area contributed by atoms with E-state index in [0.29, 0.717) is 28.4 Å². The standard InChI is InChI=1S/C26H23N5O3/c1-34-23-15-18(12-13-21(23)29-25(32)17-7-6-14-27-16-17)28-26(33)24-20-10-5-11-22(20)31(30-24)19-8-3-2-4-9-19/h2-4,6-9,12-16H,5,10-11H2,1H3,(H,28,33)(H,29,32). The Morgan fingerprint density at radius 3 is 2.59 bits per heavy atom. The molecular formula is C26H23N5O3. The van der Waals surface area contributed by atoms with Gasteiger partial charge in [-0.1, -0.05) is 18.2 Å². The number of benzene rings is 2. The Morgan fingerprint density at radius 1 is 0.971 bits per heavy atom. The Hall–Kier alpha value is -4.46. The summed E-state index contributed by atoms with van der Waals surface area (Å²) >= 11 is 0. The Bertz CT molecular complexity index is 1350. The number of carbonyl (C=O) groups excluding carboxylic acids is 2. The van der Waals surface area contributed by atoms with Crippen LogP contribution in [0, 0.1) is 0 Å². The lowest BCUT2D eigenvalue weighted by Gasteiger charge is -2.12. The number of pyridine rings is 1. The SMILES string of the molecule is COc1cc(NC(=O)c2nn(-c3ccccc3)c3c2CCC3)ccc1NC(=O)c1cccnc1. The van der Waals surface area contributed by atoms with Gasteiger partial charge in [0.15, 0.2) is 5.69 Å². The highest BCUT2D eigenvalue weighted by atomic mass is 16.5. The summed E-state index contributed by atoms with van der Waals surface area (Å²) in [6.45, 7) is 0. The number of hydrogen-bond acceptors (Lipinski definition) is 5. The molecular weight excluding hydrogens is 430 g/mol. The van der Waals surface area contributed by atoms with Crippen molar-refractivity contribution in [2.75, 3.05) is 17.7 Å². The fraction of sp³-hybridized carbons (Fsp3) is 0.154. The topological polar surface area (TPSA) is 98.1 Å². The van der Waals surface area contributed by atoms with Crippen LogP contribution in [0.5, 0.6) is 5.75 Å². The number of methoxy groups -OCH3 is 1. The molecule has 8 nitrogen and oxygen atoms in total. The van der Waals surface area contributed by atoms with Crippen LogP contribution in [0.15, 0.2) is 73.1 Å². The fourth-order valence-electron chi connectivity index (χ4n) is 4.16. The van der Waals surface area contributed by atoms with E-state index < -0.39 is 0 Å². The summed E-state index contributed by atoms with van der Waals surface area (Å²) in [7, 11) is 1.51. The second-order valence-electron chi connectivity index (χ2n) is 7.94. The Kier molecular flexibility index (Phi) is 5.78. The molecule has 34 heavy (non-hydrogen) atoms. The number of carbonyl (C=O) groups is 2. The van der Waals surface area contributed by atoms with Crippen LogP contribution in [-0.2, 0) is 12.8 Å². The van der Waals surface area contributed by atoms with E-state index in [0.717, 1.165) is 36.2 Å². The van der Waals surface area contributed by atoms with Crippen molar-refractivity contribution in [3.05, 3.63) is 95.6 Å². The highest BCUT2D eigenvalue weighted by molar-refractivity contribution is 6.06. The number of para-hydroxylation sites is 1. The number of rotatable bonds is 6. The first-order valence-corrected chi connectivity index (χ1v) is 11.0. The molecule has 170 valence electrons. The molecule has 2 N–H and O–H groups in total. The van der Waals surface area contributed by atoms with Gasteiger partial charge in [-0.3, -0.25) is 14.6 Å². The number of amides is 2. The second kappa shape index (κ2) is 9.19. The van der Waals surface area contributed by atoms with Gasteiger partial charge in [-0.15, -0.1) is 0 Å². The second-order valence-corrected chi connectivity index (χ2v) is 7.94.